The molecular weight excluding hydrogens is 470 g/mol. The van der Waals surface area contributed by atoms with Gasteiger partial charge in [-0.1, -0.05) is 26.0 Å². The van der Waals surface area contributed by atoms with Crippen LogP contribution in [-0.2, 0) is 21.2 Å². The molecule has 1 N–H and O–H groups in total. The van der Waals surface area contributed by atoms with Crippen LogP contribution < -0.4 is 10.1 Å². The van der Waals surface area contributed by atoms with Gasteiger partial charge in [0.25, 0.3) is 0 Å². The van der Waals surface area contributed by atoms with Crippen molar-refractivity contribution in [2.24, 2.45) is 0 Å². The number of methoxy groups -OCH3 is 1. The summed E-state index contributed by atoms with van der Waals surface area (Å²) in [5.41, 5.74) is 2.65. The van der Waals surface area contributed by atoms with Crippen LogP contribution in [0.5, 0.6) is 5.75 Å². The Morgan fingerprint density at radius 1 is 1.03 bits per heavy atom. The Morgan fingerprint density at radius 2 is 1.68 bits per heavy atom. The molecule has 182 valence electrons. The summed E-state index contributed by atoms with van der Waals surface area (Å²) in [6, 6.07) is 14.4. The summed E-state index contributed by atoms with van der Waals surface area (Å²) >= 11 is 1.37. The lowest BCUT2D eigenvalue weighted by molar-refractivity contribution is -0.116. The Hall–Kier alpha value is -2.75. The highest BCUT2D eigenvalue weighted by molar-refractivity contribution is 7.89. The van der Waals surface area contributed by atoms with Crippen LogP contribution in [0.15, 0.2) is 58.8 Å². The lowest BCUT2D eigenvalue weighted by Crippen LogP contribution is -2.32. The minimum absolute atomic E-state index is 0.135. The largest absolute Gasteiger partial charge is 0.497 e. The van der Waals surface area contributed by atoms with Crippen molar-refractivity contribution in [3.8, 4) is 17.0 Å². The number of rotatable bonds is 12. The average Bonchev–Trinajstić information content (AvgIpc) is 3.31. The van der Waals surface area contributed by atoms with Crippen LogP contribution in [0.25, 0.3) is 11.3 Å². The summed E-state index contributed by atoms with van der Waals surface area (Å²) in [6.07, 6.45) is 2.33. The number of sulfonamides is 1. The van der Waals surface area contributed by atoms with Crippen LogP contribution in [0.2, 0.25) is 0 Å². The highest BCUT2D eigenvalue weighted by Gasteiger charge is 2.22. The Bertz CT molecular complexity index is 1170. The lowest BCUT2D eigenvalue weighted by Gasteiger charge is -2.21. The van der Waals surface area contributed by atoms with E-state index in [0.717, 1.165) is 35.4 Å². The molecule has 0 aliphatic heterocycles. The van der Waals surface area contributed by atoms with Crippen LogP contribution in [-0.4, -0.2) is 43.8 Å². The number of hydrogen-bond acceptors (Lipinski definition) is 6. The van der Waals surface area contributed by atoms with Crippen LogP contribution in [0.4, 0.5) is 5.13 Å². The maximum Gasteiger partial charge on any atom is 0.243 e. The molecule has 7 nitrogen and oxygen atoms in total. The molecule has 0 bridgehead atoms. The monoisotopic (exact) mass is 501 g/mol. The maximum absolute atomic E-state index is 12.9. The second-order valence-electron chi connectivity index (χ2n) is 7.86. The van der Waals surface area contributed by atoms with Crippen LogP contribution in [0.1, 0.15) is 38.7 Å². The number of carbonyl (C=O) groups excluding carboxylic acids is 1. The molecule has 0 saturated carbocycles. The van der Waals surface area contributed by atoms with Crippen LogP contribution in [0, 0.1) is 0 Å². The molecule has 0 fully saturated rings. The second-order valence-corrected chi connectivity index (χ2v) is 10.7. The standard InChI is InChI=1S/C25H31N3O4S2/c1-4-16-28(17-5-2)34(30,31)22-13-6-19(7-14-22)8-15-24(29)27-25-26-23(18-33-25)20-9-11-21(32-3)12-10-20/h6-7,9-14,18H,4-5,8,15-17H2,1-3H3,(H,26,27,29). The highest BCUT2D eigenvalue weighted by Crippen LogP contribution is 2.26. The molecule has 3 rings (SSSR count). The van der Waals surface area contributed by atoms with Gasteiger partial charge < -0.3 is 10.1 Å². The maximum atomic E-state index is 12.9. The van der Waals surface area contributed by atoms with Gasteiger partial charge in [0.2, 0.25) is 15.9 Å². The number of hydrogen-bond donors (Lipinski definition) is 1. The second kappa shape index (κ2) is 12.1. The van der Waals surface area contributed by atoms with Gasteiger partial charge in [-0.3, -0.25) is 4.79 Å². The summed E-state index contributed by atoms with van der Waals surface area (Å²) in [5.74, 6) is 0.641. The molecule has 0 unspecified atom stereocenters. The Labute approximate surface area is 205 Å². The van der Waals surface area contributed by atoms with Gasteiger partial charge >= 0.3 is 0 Å². The fraction of sp³-hybridized carbons (Fsp3) is 0.360. The van der Waals surface area contributed by atoms with Gasteiger partial charge in [-0.05, 0) is 61.2 Å². The quantitative estimate of drug-likeness (QED) is 0.368. The van der Waals surface area contributed by atoms with Crippen molar-refractivity contribution in [3.05, 3.63) is 59.5 Å². The zero-order valence-electron chi connectivity index (χ0n) is 19.8. The molecule has 34 heavy (non-hydrogen) atoms. The zero-order valence-corrected chi connectivity index (χ0v) is 21.4. The molecule has 1 aromatic heterocycles. The molecule has 0 spiro atoms. The summed E-state index contributed by atoms with van der Waals surface area (Å²) in [7, 11) is -1.88. The number of nitrogens with zero attached hydrogens (tertiary/aromatic N) is 2. The number of aryl methyl sites for hydroxylation is 1. The van der Waals surface area contributed by atoms with Gasteiger partial charge in [0.05, 0.1) is 17.7 Å². The van der Waals surface area contributed by atoms with Gasteiger partial charge in [0.15, 0.2) is 5.13 Å². The SMILES string of the molecule is CCCN(CCC)S(=O)(=O)c1ccc(CCC(=O)Nc2nc(-c3ccc(OC)cc3)cs2)cc1. The van der Waals surface area contributed by atoms with Crippen molar-refractivity contribution in [3.63, 3.8) is 0 Å². The third-order valence-corrected chi connectivity index (χ3v) is 7.95. The first-order chi connectivity index (χ1) is 16.4. The topological polar surface area (TPSA) is 88.6 Å². The van der Waals surface area contributed by atoms with E-state index in [9.17, 15) is 13.2 Å². The predicted octanol–water partition coefficient (Wildman–Crippen LogP) is 5.20. The average molecular weight is 502 g/mol. The van der Waals surface area contributed by atoms with Crippen molar-refractivity contribution in [1.82, 2.24) is 9.29 Å². The summed E-state index contributed by atoms with van der Waals surface area (Å²) in [6.45, 7) is 4.96. The Morgan fingerprint density at radius 3 is 2.26 bits per heavy atom. The van der Waals surface area contributed by atoms with E-state index in [-0.39, 0.29) is 17.2 Å². The van der Waals surface area contributed by atoms with E-state index in [1.165, 1.54) is 15.6 Å². The number of benzene rings is 2. The fourth-order valence-corrected chi connectivity index (χ4v) is 5.85. The summed E-state index contributed by atoms with van der Waals surface area (Å²) < 4.78 is 32.5. The minimum atomic E-state index is -3.50. The van der Waals surface area contributed by atoms with Gasteiger partial charge in [0.1, 0.15) is 5.75 Å². The molecule has 9 heteroatoms. The van der Waals surface area contributed by atoms with E-state index in [0.29, 0.717) is 24.6 Å². The number of anilines is 1. The molecule has 0 atom stereocenters. The zero-order chi connectivity index (χ0) is 24.6. The van der Waals surface area contributed by atoms with Crippen LogP contribution in [0.3, 0.4) is 0 Å². The molecule has 0 aliphatic rings. The summed E-state index contributed by atoms with van der Waals surface area (Å²) in [5, 5.41) is 5.29. The van der Waals surface area contributed by atoms with Crippen molar-refractivity contribution in [1.29, 1.82) is 0 Å². The van der Waals surface area contributed by atoms with E-state index in [1.807, 2.05) is 43.5 Å². The van der Waals surface area contributed by atoms with Crippen molar-refractivity contribution < 1.29 is 17.9 Å². The first kappa shape index (κ1) is 25.9. The number of aromatic nitrogens is 1. The third-order valence-electron chi connectivity index (χ3n) is 5.28. The number of thiazole rings is 1. The van der Waals surface area contributed by atoms with Gasteiger partial charge in [-0.25, -0.2) is 13.4 Å². The molecule has 0 radical (unpaired) electrons. The number of ether oxygens (including phenoxy) is 1. The molecule has 0 aliphatic carbocycles. The van der Waals surface area contributed by atoms with Crippen molar-refractivity contribution in [2.45, 2.75) is 44.4 Å². The van der Waals surface area contributed by atoms with Crippen molar-refractivity contribution in [2.75, 3.05) is 25.5 Å². The minimum Gasteiger partial charge on any atom is -0.497 e. The normalized spacial score (nSPS) is 11.5. The number of nitrogens with one attached hydrogen (secondary N) is 1. The van der Waals surface area contributed by atoms with E-state index in [1.54, 1.807) is 31.4 Å². The van der Waals surface area contributed by atoms with Crippen molar-refractivity contribution >= 4 is 32.4 Å². The molecule has 2 aromatic carbocycles. The molecule has 0 saturated heterocycles. The lowest BCUT2D eigenvalue weighted by atomic mass is 10.1. The predicted molar refractivity (Wildman–Crippen MR) is 137 cm³/mol. The van der Waals surface area contributed by atoms with E-state index < -0.39 is 10.0 Å². The molecule has 1 amide bonds. The first-order valence-electron chi connectivity index (χ1n) is 11.4. The Kier molecular flexibility index (Phi) is 9.20. The fourth-order valence-electron chi connectivity index (χ4n) is 3.49. The number of carbonyl (C=O) groups is 1. The van der Waals surface area contributed by atoms with Crippen LogP contribution >= 0.6 is 11.3 Å². The van der Waals surface area contributed by atoms with E-state index in [2.05, 4.69) is 10.3 Å². The number of amides is 1. The first-order valence-corrected chi connectivity index (χ1v) is 13.7. The molecule has 3 aromatic rings. The smallest absolute Gasteiger partial charge is 0.243 e. The Balaban J connectivity index is 1.55. The highest BCUT2D eigenvalue weighted by atomic mass is 32.2. The molecule has 1 heterocycles. The van der Waals surface area contributed by atoms with E-state index in [4.69, 9.17) is 4.74 Å². The van der Waals surface area contributed by atoms with E-state index >= 15 is 0 Å². The molecular formula is C25H31N3O4S2. The van der Waals surface area contributed by atoms with Gasteiger partial charge in [-0.2, -0.15) is 4.31 Å². The summed E-state index contributed by atoms with van der Waals surface area (Å²) in [4.78, 5) is 17.2. The van der Waals surface area contributed by atoms with Gasteiger partial charge in [0, 0.05) is 30.5 Å². The van der Waals surface area contributed by atoms with Gasteiger partial charge in [-0.15, -0.1) is 11.3 Å². The third kappa shape index (κ3) is 6.65.